The highest BCUT2D eigenvalue weighted by atomic mass is 79.9. The van der Waals surface area contributed by atoms with E-state index in [-0.39, 0.29) is 16.9 Å². The van der Waals surface area contributed by atoms with Crippen LogP contribution in [0.2, 0.25) is 5.02 Å². The van der Waals surface area contributed by atoms with Crippen molar-refractivity contribution in [3.05, 3.63) is 74.1 Å². The molecule has 5 nitrogen and oxygen atoms in total. The SMILES string of the molecule is O=C(O)c1ccc(-c2n[nH]c3c2C(C(=O)c2c(Cl)cccc2Br)CCC3)c(F)c1. The van der Waals surface area contributed by atoms with Crippen LogP contribution < -0.4 is 0 Å². The molecule has 0 bridgehead atoms. The molecule has 0 saturated carbocycles. The van der Waals surface area contributed by atoms with Crippen molar-refractivity contribution < 1.29 is 19.1 Å². The van der Waals surface area contributed by atoms with Crippen LogP contribution in [0.15, 0.2) is 40.9 Å². The molecule has 29 heavy (non-hydrogen) atoms. The summed E-state index contributed by atoms with van der Waals surface area (Å²) in [6, 6.07) is 8.83. The maximum absolute atomic E-state index is 14.7. The lowest BCUT2D eigenvalue weighted by molar-refractivity contribution is 0.0696. The number of carbonyl (C=O) groups is 2. The molecule has 0 fully saturated rings. The van der Waals surface area contributed by atoms with Crippen molar-refractivity contribution in [3.8, 4) is 11.3 Å². The summed E-state index contributed by atoms with van der Waals surface area (Å²) in [5.74, 6) is -2.60. The number of rotatable bonds is 4. The molecule has 3 aromatic rings. The van der Waals surface area contributed by atoms with Gasteiger partial charge in [0.1, 0.15) is 5.82 Å². The van der Waals surface area contributed by atoms with Crippen molar-refractivity contribution in [2.24, 2.45) is 0 Å². The van der Waals surface area contributed by atoms with E-state index in [1.165, 1.54) is 12.1 Å². The van der Waals surface area contributed by atoms with Gasteiger partial charge in [0.25, 0.3) is 0 Å². The number of benzene rings is 2. The number of hydrogen-bond donors (Lipinski definition) is 2. The molecule has 0 saturated heterocycles. The minimum absolute atomic E-state index is 0.150. The average molecular weight is 478 g/mol. The Morgan fingerprint density at radius 3 is 2.76 bits per heavy atom. The molecule has 8 heteroatoms. The number of aromatic nitrogens is 2. The first kappa shape index (κ1) is 19.8. The van der Waals surface area contributed by atoms with Crippen LogP contribution in [0.3, 0.4) is 0 Å². The minimum atomic E-state index is -1.21. The first-order valence-electron chi connectivity index (χ1n) is 8.97. The maximum Gasteiger partial charge on any atom is 0.335 e. The number of nitrogens with zero attached hydrogens (tertiary/aromatic N) is 1. The van der Waals surface area contributed by atoms with Crippen molar-refractivity contribution >= 4 is 39.3 Å². The van der Waals surface area contributed by atoms with Gasteiger partial charge in [-0.05, 0) is 65.5 Å². The van der Waals surface area contributed by atoms with Crippen LogP contribution in [0.5, 0.6) is 0 Å². The Hall–Kier alpha value is -2.51. The van der Waals surface area contributed by atoms with Crippen LogP contribution in [-0.2, 0) is 6.42 Å². The average Bonchev–Trinajstić information content (AvgIpc) is 3.11. The Morgan fingerprint density at radius 1 is 1.28 bits per heavy atom. The van der Waals surface area contributed by atoms with Gasteiger partial charge in [0.05, 0.1) is 27.8 Å². The zero-order valence-corrected chi connectivity index (χ0v) is 17.3. The molecular weight excluding hydrogens is 463 g/mol. The second kappa shape index (κ2) is 7.72. The smallest absolute Gasteiger partial charge is 0.335 e. The second-order valence-corrected chi connectivity index (χ2v) is 8.13. The van der Waals surface area contributed by atoms with E-state index in [9.17, 15) is 14.0 Å². The maximum atomic E-state index is 14.7. The molecular formula is C21H15BrClFN2O3. The number of aromatic amines is 1. The van der Waals surface area contributed by atoms with Crippen LogP contribution in [0.25, 0.3) is 11.3 Å². The number of aryl methyl sites for hydroxylation is 1. The van der Waals surface area contributed by atoms with E-state index in [1.807, 2.05) is 0 Å². The van der Waals surface area contributed by atoms with E-state index < -0.39 is 17.7 Å². The fourth-order valence-electron chi connectivity index (χ4n) is 3.80. The van der Waals surface area contributed by atoms with Crippen molar-refractivity contribution in [1.82, 2.24) is 10.2 Å². The number of nitrogens with one attached hydrogen (secondary N) is 1. The predicted octanol–water partition coefficient (Wildman–Crippen LogP) is 5.63. The molecule has 0 spiro atoms. The summed E-state index contributed by atoms with van der Waals surface area (Å²) in [4.78, 5) is 24.5. The van der Waals surface area contributed by atoms with Crippen LogP contribution in [0.4, 0.5) is 4.39 Å². The minimum Gasteiger partial charge on any atom is -0.478 e. The quantitative estimate of drug-likeness (QED) is 0.477. The Morgan fingerprint density at radius 2 is 2.07 bits per heavy atom. The van der Waals surface area contributed by atoms with Gasteiger partial charge in [-0.25, -0.2) is 9.18 Å². The zero-order valence-electron chi connectivity index (χ0n) is 15.0. The van der Waals surface area contributed by atoms with Gasteiger partial charge < -0.3 is 5.11 Å². The number of Topliss-reactive ketones (excluding diaryl/α,β-unsaturated/α-hetero) is 1. The molecule has 0 radical (unpaired) electrons. The Kier molecular flexibility index (Phi) is 5.27. The highest BCUT2D eigenvalue weighted by Crippen LogP contribution is 2.41. The van der Waals surface area contributed by atoms with Gasteiger partial charge >= 0.3 is 5.97 Å². The van der Waals surface area contributed by atoms with Gasteiger partial charge in [-0.1, -0.05) is 17.7 Å². The standard InChI is InChI=1S/C21H15BrClFN2O3/c22-13-4-2-5-14(23)18(13)20(27)12-3-1-6-16-17(12)19(26-25-16)11-8-7-10(21(28)29)9-15(11)24/h2,4-5,7-9,12H,1,3,6H2,(H,25,26)(H,28,29). The molecule has 0 aliphatic heterocycles. The summed E-state index contributed by atoms with van der Waals surface area (Å²) < 4.78 is 15.3. The number of ketones is 1. The molecule has 1 aromatic heterocycles. The summed E-state index contributed by atoms with van der Waals surface area (Å²) in [6.07, 6.45) is 2.07. The van der Waals surface area contributed by atoms with Crippen LogP contribution >= 0.6 is 27.5 Å². The van der Waals surface area contributed by atoms with E-state index in [1.54, 1.807) is 18.2 Å². The van der Waals surface area contributed by atoms with Crippen molar-refractivity contribution in [2.45, 2.75) is 25.2 Å². The Bertz CT molecular complexity index is 1120. The van der Waals surface area contributed by atoms with E-state index >= 15 is 0 Å². The lowest BCUT2D eigenvalue weighted by Crippen LogP contribution is -2.19. The monoisotopic (exact) mass is 476 g/mol. The fraction of sp³-hybridized carbons (Fsp3) is 0.190. The topological polar surface area (TPSA) is 83.0 Å². The molecule has 1 atom stereocenters. The third-order valence-electron chi connectivity index (χ3n) is 5.15. The third kappa shape index (κ3) is 3.49. The molecule has 148 valence electrons. The highest BCUT2D eigenvalue weighted by Gasteiger charge is 2.34. The second-order valence-electron chi connectivity index (χ2n) is 6.87. The van der Waals surface area contributed by atoms with Crippen LogP contribution in [-0.4, -0.2) is 27.1 Å². The lowest BCUT2D eigenvalue weighted by atomic mass is 9.79. The predicted molar refractivity (Wildman–Crippen MR) is 110 cm³/mol. The molecule has 1 unspecified atom stereocenters. The number of halogens is 3. The Labute approximate surface area is 179 Å². The molecule has 1 heterocycles. The van der Waals surface area contributed by atoms with Crippen molar-refractivity contribution in [2.75, 3.05) is 0 Å². The molecule has 1 aliphatic carbocycles. The van der Waals surface area contributed by atoms with Crippen LogP contribution in [0, 0.1) is 5.82 Å². The van der Waals surface area contributed by atoms with Gasteiger partial charge in [-0.15, -0.1) is 0 Å². The summed E-state index contributed by atoms with van der Waals surface area (Å²) in [5, 5.41) is 16.6. The number of H-pyrrole nitrogens is 1. The molecule has 4 rings (SSSR count). The Balaban J connectivity index is 1.82. The van der Waals surface area contributed by atoms with E-state index in [0.29, 0.717) is 39.2 Å². The number of carboxylic acids is 1. The largest absolute Gasteiger partial charge is 0.478 e. The summed E-state index contributed by atoms with van der Waals surface area (Å²) in [7, 11) is 0. The van der Waals surface area contributed by atoms with Gasteiger partial charge in [0.2, 0.25) is 0 Å². The summed E-state index contributed by atoms with van der Waals surface area (Å²) >= 11 is 9.68. The molecule has 1 aliphatic rings. The fourth-order valence-corrected chi connectivity index (χ4v) is 4.74. The normalized spacial score (nSPS) is 15.8. The molecule has 2 aromatic carbocycles. The van der Waals surface area contributed by atoms with Gasteiger partial charge in [-0.2, -0.15) is 5.10 Å². The number of hydrogen-bond acceptors (Lipinski definition) is 3. The first-order chi connectivity index (χ1) is 13.9. The number of carboxylic acid groups (broad SMARTS) is 1. The van der Waals surface area contributed by atoms with Crippen molar-refractivity contribution in [1.29, 1.82) is 0 Å². The summed E-state index contributed by atoms with van der Waals surface area (Å²) in [6.45, 7) is 0. The van der Waals surface area contributed by atoms with E-state index in [2.05, 4.69) is 26.1 Å². The zero-order chi connectivity index (χ0) is 20.7. The van der Waals surface area contributed by atoms with Crippen LogP contribution in [0.1, 0.15) is 50.7 Å². The van der Waals surface area contributed by atoms with Gasteiger partial charge in [0, 0.05) is 21.3 Å². The number of fused-ring (bicyclic) bond motifs is 1. The summed E-state index contributed by atoms with van der Waals surface area (Å²) in [5.41, 5.74) is 2.16. The number of carbonyl (C=O) groups excluding carboxylic acids is 1. The third-order valence-corrected chi connectivity index (χ3v) is 6.12. The van der Waals surface area contributed by atoms with Gasteiger partial charge in [0.15, 0.2) is 5.78 Å². The lowest BCUT2D eigenvalue weighted by Gasteiger charge is -2.23. The molecule has 2 N–H and O–H groups in total. The van der Waals surface area contributed by atoms with Gasteiger partial charge in [-0.3, -0.25) is 9.89 Å². The molecule has 0 amide bonds. The first-order valence-corrected chi connectivity index (χ1v) is 10.1. The van der Waals surface area contributed by atoms with E-state index in [0.717, 1.165) is 18.2 Å². The van der Waals surface area contributed by atoms with Crippen molar-refractivity contribution in [3.63, 3.8) is 0 Å². The van der Waals surface area contributed by atoms with E-state index in [4.69, 9.17) is 16.7 Å². The highest BCUT2D eigenvalue weighted by molar-refractivity contribution is 9.10. The number of aromatic carboxylic acids is 1.